The molecule has 1 heterocycles. The number of nitriles is 1. The maximum Gasteiger partial charge on any atom is 0.296 e. The van der Waals surface area contributed by atoms with E-state index in [1.807, 2.05) is 13.0 Å². The molecule has 0 spiro atoms. The topological polar surface area (TPSA) is 96.8 Å². The molecule has 1 aromatic carbocycles. The normalized spacial score (nSPS) is 10.2. The van der Waals surface area contributed by atoms with Crippen molar-refractivity contribution in [1.29, 1.82) is 5.26 Å². The van der Waals surface area contributed by atoms with Gasteiger partial charge in [0, 0.05) is 18.8 Å². The molecule has 0 aliphatic rings. The number of aromatic nitrogens is 2. The predicted octanol–water partition coefficient (Wildman–Crippen LogP) is 1.76. The van der Waals surface area contributed by atoms with Gasteiger partial charge < -0.3 is 5.32 Å². The van der Waals surface area contributed by atoms with Crippen LogP contribution in [0, 0.1) is 21.4 Å². The molecule has 0 aliphatic carbocycles. The Morgan fingerprint density at radius 3 is 2.95 bits per heavy atom. The molecule has 0 bridgehead atoms. The van der Waals surface area contributed by atoms with Crippen LogP contribution in [-0.4, -0.2) is 21.2 Å². The van der Waals surface area contributed by atoms with Gasteiger partial charge >= 0.3 is 0 Å². The van der Waals surface area contributed by atoms with Crippen LogP contribution in [0.15, 0.2) is 30.5 Å². The fourth-order valence-electron chi connectivity index (χ4n) is 1.78. The number of nitro benzene ring substituents is 1. The van der Waals surface area contributed by atoms with E-state index in [0.29, 0.717) is 12.2 Å². The van der Waals surface area contributed by atoms with Gasteiger partial charge in [-0.2, -0.15) is 10.4 Å². The minimum atomic E-state index is -0.512. The van der Waals surface area contributed by atoms with E-state index in [2.05, 4.69) is 10.4 Å². The largest absolute Gasteiger partial charge is 0.311 e. The molecule has 20 heavy (non-hydrogen) atoms. The first kappa shape index (κ1) is 13.7. The minimum Gasteiger partial charge on any atom is -0.311 e. The summed E-state index contributed by atoms with van der Waals surface area (Å²) < 4.78 is 1.45. The molecule has 7 heteroatoms. The van der Waals surface area contributed by atoms with Crippen LogP contribution in [0.25, 0.3) is 5.69 Å². The quantitative estimate of drug-likeness (QED) is 0.660. The van der Waals surface area contributed by atoms with Crippen LogP contribution in [0.2, 0.25) is 0 Å². The van der Waals surface area contributed by atoms with Crippen molar-refractivity contribution in [2.45, 2.75) is 13.5 Å². The van der Waals surface area contributed by atoms with Gasteiger partial charge in [0.05, 0.1) is 22.2 Å². The Labute approximate surface area is 115 Å². The molecule has 7 nitrogen and oxygen atoms in total. The van der Waals surface area contributed by atoms with Crippen LogP contribution >= 0.6 is 0 Å². The fourth-order valence-corrected chi connectivity index (χ4v) is 1.78. The molecule has 0 radical (unpaired) electrons. The van der Waals surface area contributed by atoms with Gasteiger partial charge in [0.1, 0.15) is 5.69 Å². The third-order valence-corrected chi connectivity index (χ3v) is 2.75. The van der Waals surface area contributed by atoms with Crippen molar-refractivity contribution in [3.05, 3.63) is 51.8 Å². The number of nitrogens with zero attached hydrogens (tertiary/aromatic N) is 4. The summed E-state index contributed by atoms with van der Waals surface area (Å²) in [6.45, 7) is 3.42. The standard InChI is InChI=1S/C13H13N5O2/c1-2-15-9-11-5-6-17(16-11)12-4-3-10(8-14)7-13(12)18(19)20/h3-7,15H,2,9H2,1H3. The lowest BCUT2D eigenvalue weighted by molar-refractivity contribution is -0.384. The second-order valence-corrected chi connectivity index (χ2v) is 4.10. The highest BCUT2D eigenvalue weighted by molar-refractivity contribution is 5.56. The Kier molecular flexibility index (Phi) is 4.08. The van der Waals surface area contributed by atoms with Gasteiger partial charge in [-0.1, -0.05) is 6.92 Å². The van der Waals surface area contributed by atoms with Gasteiger partial charge in [-0.05, 0) is 24.7 Å². The molecule has 0 unspecified atom stereocenters. The van der Waals surface area contributed by atoms with E-state index in [1.165, 1.54) is 22.9 Å². The second-order valence-electron chi connectivity index (χ2n) is 4.10. The first-order valence-corrected chi connectivity index (χ1v) is 6.10. The summed E-state index contributed by atoms with van der Waals surface area (Å²) in [4.78, 5) is 10.6. The van der Waals surface area contributed by atoms with Crippen molar-refractivity contribution < 1.29 is 4.92 Å². The van der Waals surface area contributed by atoms with Gasteiger partial charge in [-0.25, -0.2) is 4.68 Å². The Morgan fingerprint density at radius 1 is 1.50 bits per heavy atom. The molecule has 0 fully saturated rings. The van der Waals surface area contributed by atoms with Crippen LogP contribution in [0.1, 0.15) is 18.2 Å². The zero-order valence-corrected chi connectivity index (χ0v) is 10.9. The fraction of sp³-hybridized carbons (Fsp3) is 0.231. The highest BCUT2D eigenvalue weighted by Gasteiger charge is 2.17. The number of benzene rings is 1. The molecule has 0 atom stereocenters. The number of nitro groups is 1. The smallest absolute Gasteiger partial charge is 0.296 e. The van der Waals surface area contributed by atoms with Crippen LogP contribution in [0.4, 0.5) is 5.69 Å². The number of hydrogen-bond donors (Lipinski definition) is 1. The molecular weight excluding hydrogens is 258 g/mol. The average molecular weight is 271 g/mol. The van der Waals surface area contributed by atoms with Crippen LogP contribution in [0.3, 0.4) is 0 Å². The van der Waals surface area contributed by atoms with E-state index in [-0.39, 0.29) is 11.3 Å². The minimum absolute atomic E-state index is 0.137. The lowest BCUT2D eigenvalue weighted by Gasteiger charge is -2.03. The SMILES string of the molecule is CCNCc1ccn(-c2ccc(C#N)cc2[N+](=O)[O-])n1. The summed E-state index contributed by atoms with van der Waals surface area (Å²) in [6.07, 6.45) is 1.67. The monoisotopic (exact) mass is 271 g/mol. The molecule has 1 aromatic heterocycles. The number of nitrogens with one attached hydrogen (secondary N) is 1. The molecule has 2 rings (SSSR count). The van der Waals surface area contributed by atoms with Crippen LogP contribution in [-0.2, 0) is 6.54 Å². The van der Waals surface area contributed by atoms with E-state index >= 15 is 0 Å². The maximum atomic E-state index is 11.1. The molecule has 0 aliphatic heterocycles. The first-order chi connectivity index (χ1) is 9.65. The molecule has 0 saturated carbocycles. The van der Waals surface area contributed by atoms with Gasteiger partial charge in [0.25, 0.3) is 5.69 Å². The lowest BCUT2D eigenvalue weighted by atomic mass is 10.2. The lowest BCUT2D eigenvalue weighted by Crippen LogP contribution is -2.12. The highest BCUT2D eigenvalue weighted by atomic mass is 16.6. The van der Waals surface area contributed by atoms with Gasteiger partial charge in [0.15, 0.2) is 0 Å². The summed E-state index contributed by atoms with van der Waals surface area (Å²) in [5.74, 6) is 0. The van der Waals surface area contributed by atoms with Crippen LogP contribution in [0.5, 0.6) is 0 Å². The Balaban J connectivity index is 2.39. The zero-order valence-electron chi connectivity index (χ0n) is 10.9. The molecular formula is C13H13N5O2. The van der Waals surface area contributed by atoms with E-state index in [4.69, 9.17) is 5.26 Å². The third kappa shape index (κ3) is 2.81. The first-order valence-electron chi connectivity index (χ1n) is 6.10. The summed E-state index contributed by atoms with van der Waals surface area (Å²) in [7, 11) is 0. The van der Waals surface area contributed by atoms with E-state index in [0.717, 1.165) is 12.2 Å². The summed E-state index contributed by atoms with van der Waals surface area (Å²) in [5, 5.41) is 27.3. The molecule has 0 amide bonds. The Bertz CT molecular complexity index is 672. The summed E-state index contributed by atoms with van der Waals surface area (Å²) in [6, 6.07) is 8.00. The molecule has 2 aromatic rings. The average Bonchev–Trinajstić information content (AvgIpc) is 2.93. The number of hydrogen-bond acceptors (Lipinski definition) is 5. The summed E-state index contributed by atoms with van der Waals surface area (Å²) >= 11 is 0. The highest BCUT2D eigenvalue weighted by Crippen LogP contribution is 2.23. The molecule has 102 valence electrons. The maximum absolute atomic E-state index is 11.1. The summed E-state index contributed by atoms with van der Waals surface area (Å²) in [5.41, 5.74) is 1.25. The Morgan fingerprint density at radius 2 is 2.30 bits per heavy atom. The Hall–Kier alpha value is -2.72. The third-order valence-electron chi connectivity index (χ3n) is 2.75. The van der Waals surface area contributed by atoms with Crippen molar-refractivity contribution in [2.24, 2.45) is 0 Å². The van der Waals surface area contributed by atoms with Crippen molar-refractivity contribution in [3.63, 3.8) is 0 Å². The van der Waals surface area contributed by atoms with E-state index in [9.17, 15) is 10.1 Å². The van der Waals surface area contributed by atoms with E-state index in [1.54, 1.807) is 12.3 Å². The number of rotatable bonds is 5. The predicted molar refractivity (Wildman–Crippen MR) is 72.3 cm³/mol. The second kappa shape index (κ2) is 5.95. The van der Waals surface area contributed by atoms with Crippen molar-refractivity contribution >= 4 is 5.69 Å². The molecule has 0 saturated heterocycles. The van der Waals surface area contributed by atoms with Crippen molar-refractivity contribution in [2.75, 3.05) is 6.54 Å². The molecule has 1 N–H and O–H groups in total. The zero-order chi connectivity index (χ0) is 14.5. The van der Waals surface area contributed by atoms with Gasteiger partial charge in [0.2, 0.25) is 0 Å². The van der Waals surface area contributed by atoms with Crippen LogP contribution < -0.4 is 5.32 Å². The van der Waals surface area contributed by atoms with Crippen molar-refractivity contribution in [3.8, 4) is 11.8 Å². The van der Waals surface area contributed by atoms with Crippen molar-refractivity contribution in [1.82, 2.24) is 15.1 Å². The van der Waals surface area contributed by atoms with Gasteiger partial charge in [-0.3, -0.25) is 10.1 Å². The van der Waals surface area contributed by atoms with E-state index < -0.39 is 4.92 Å². The van der Waals surface area contributed by atoms with Gasteiger partial charge in [-0.15, -0.1) is 0 Å².